The molecule has 0 fully saturated rings. The molecule has 1 amide bonds. The number of aromatic nitrogens is 2. The summed E-state index contributed by atoms with van der Waals surface area (Å²) in [7, 11) is 0. The van der Waals surface area contributed by atoms with Crippen LogP contribution in [0.1, 0.15) is 11.1 Å². The third-order valence-electron chi connectivity index (χ3n) is 4.25. The SMILES string of the molecule is O=C(Cc1ccccc1Cl)N(Cc1cccnc1)c1nc2c(F)cccc2s1. The molecule has 4 aromatic rings. The topological polar surface area (TPSA) is 46.1 Å². The van der Waals surface area contributed by atoms with Crippen molar-refractivity contribution in [1.29, 1.82) is 0 Å². The van der Waals surface area contributed by atoms with Crippen molar-refractivity contribution in [3.8, 4) is 0 Å². The predicted octanol–water partition coefficient (Wildman–Crippen LogP) is 5.26. The number of pyridine rings is 1. The molecule has 0 aliphatic rings. The summed E-state index contributed by atoms with van der Waals surface area (Å²) >= 11 is 7.50. The number of carbonyl (C=O) groups is 1. The van der Waals surface area contributed by atoms with Crippen LogP contribution in [-0.2, 0) is 17.8 Å². The zero-order valence-corrected chi connectivity index (χ0v) is 16.3. The number of hydrogen-bond acceptors (Lipinski definition) is 4. The van der Waals surface area contributed by atoms with Gasteiger partial charge in [-0.15, -0.1) is 0 Å². The minimum absolute atomic E-state index is 0.123. The Balaban J connectivity index is 1.71. The summed E-state index contributed by atoms with van der Waals surface area (Å²) in [5, 5.41) is 0.980. The van der Waals surface area contributed by atoms with Gasteiger partial charge in [0.15, 0.2) is 5.13 Å². The zero-order chi connectivity index (χ0) is 19.5. The molecule has 140 valence electrons. The van der Waals surface area contributed by atoms with Gasteiger partial charge in [-0.3, -0.25) is 14.7 Å². The molecule has 0 bridgehead atoms. The van der Waals surface area contributed by atoms with Crippen LogP contribution in [0.3, 0.4) is 0 Å². The molecule has 4 nitrogen and oxygen atoms in total. The van der Waals surface area contributed by atoms with Crippen molar-refractivity contribution in [3.63, 3.8) is 0 Å². The summed E-state index contributed by atoms with van der Waals surface area (Å²) in [5.74, 6) is -0.573. The molecule has 0 saturated heterocycles. The van der Waals surface area contributed by atoms with Crippen molar-refractivity contribution in [1.82, 2.24) is 9.97 Å². The van der Waals surface area contributed by atoms with E-state index in [4.69, 9.17) is 11.6 Å². The second-order valence-electron chi connectivity index (χ2n) is 6.19. The molecular weight excluding hydrogens is 397 g/mol. The van der Waals surface area contributed by atoms with Crippen LogP contribution >= 0.6 is 22.9 Å². The highest BCUT2D eigenvalue weighted by atomic mass is 35.5. The van der Waals surface area contributed by atoms with Gasteiger partial charge in [0.2, 0.25) is 5.91 Å². The van der Waals surface area contributed by atoms with Crippen molar-refractivity contribution in [2.24, 2.45) is 0 Å². The molecule has 0 spiro atoms. The summed E-state index contributed by atoms with van der Waals surface area (Å²) < 4.78 is 14.8. The van der Waals surface area contributed by atoms with E-state index < -0.39 is 5.82 Å². The number of anilines is 1. The van der Waals surface area contributed by atoms with Crippen molar-refractivity contribution in [2.75, 3.05) is 4.90 Å². The van der Waals surface area contributed by atoms with Crippen LogP contribution < -0.4 is 4.90 Å². The quantitative estimate of drug-likeness (QED) is 0.450. The van der Waals surface area contributed by atoms with Crippen LogP contribution in [-0.4, -0.2) is 15.9 Å². The van der Waals surface area contributed by atoms with Crippen molar-refractivity contribution in [2.45, 2.75) is 13.0 Å². The average Bonchev–Trinajstić information content (AvgIpc) is 3.14. The van der Waals surface area contributed by atoms with Crippen LogP contribution in [0.2, 0.25) is 5.02 Å². The van der Waals surface area contributed by atoms with Crippen LogP contribution in [0.5, 0.6) is 0 Å². The van der Waals surface area contributed by atoms with E-state index in [0.717, 1.165) is 11.1 Å². The number of para-hydroxylation sites is 1. The summed E-state index contributed by atoms with van der Waals surface area (Å²) in [5.41, 5.74) is 1.86. The first-order valence-electron chi connectivity index (χ1n) is 8.59. The van der Waals surface area contributed by atoms with Gasteiger partial charge in [-0.1, -0.05) is 53.3 Å². The Morgan fingerprint density at radius 3 is 2.71 bits per heavy atom. The second kappa shape index (κ2) is 8.04. The lowest BCUT2D eigenvalue weighted by Gasteiger charge is -2.20. The third-order valence-corrected chi connectivity index (χ3v) is 5.67. The van der Waals surface area contributed by atoms with E-state index in [0.29, 0.717) is 21.4 Å². The minimum Gasteiger partial charge on any atom is -0.283 e. The lowest BCUT2D eigenvalue weighted by molar-refractivity contribution is -0.118. The molecule has 0 saturated carbocycles. The fourth-order valence-corrected chi connectivity index (χ4v) is 4.05. The van der Waals surface area contributed by atoms with Gasteiger partial charge in [-0.05, 0) is 35.4 Å². The Morgan fingerprint density at radius 1 is 1.11 bits per heavy atom. The first kappa shape index (κ1) is 18.5. The predicted molar refractivity (Wildman–Crippen MR) is 110 cm³/mol. The Hall–Kier alpha value is -2.83. The van der Waals surface area contributed by atoms with E-state index in [1.807, 2.05) is 30.3 Å². The first-order valence-corrected chi connectivity index (χ1v) is 9.79. The van der Waals surface area contributed by atoms with Gasteiger partial charge in [0.1, 0.15) is 11.3 Å². The monoisotopic (exact) mass is 411 g/mol. The number of rotatable bonds is 5. The Bertz CT molecular complexity index is 1130. The van der Waals surface area contributed by atoms with Crippen molar-refractivity contribution in [3.05, 3.63) is 89.0 Å². The van der Waals surface area contributed by atoms with Gasteiger partial charge in [-0.2, -0.15) is 0 Å². The molecule has 2 aromatic carbocycles. The van der Waals surface area contributed by atoms with E-state index >= 15 is 0 Å². The molecule has 0 N–H and O–H groups in total. The molecular formula is C21H15ClFN3OS. The second-order valence-corrected chi connectivity index (χ2v) is 7.61. The van der Waals surface area contributed by atoms with E-state index in [-0.39, 0.29) is 17.8 Å². The zero-order valence-electron chi connectivity index (χ0n) is 14.7. The highest BCUT2D eigenvalue weighted by Gasteiger charge is 2.22. The molecule has 0 unspecified atom stereocenters. The van der Waals surface area contributed by atoms with Crippen LogP contribution in [0.4, 0.5) is 9.52 Å². The van der Waals surface area contributed by atoms with Gasteiger partial charge in [-0.25, -0.2) is 9.37 Å². The third kappa shape index (κ3) is 3.88. The van der Waals surface area contributed by atoms with Gasteiger partial charge < -0.3 is 0 Å². The maximum atomic E-state index is 14.1. The standard InChI is InChI=1S/C21H15ClFN3OS/c22-16-7-2-1-6-15(16)11-19(27)26(13-14-5-4-10-24-12-14)21-25-20-17(23)8-3-9-18(20)28-21/h1-10,12H,11,13H2. The highest BCUT2D eigenvalue weighted by Crippen LogP contribution is 2.31. The Labute approximate surface area is 170 Å². The number of nitrogens with zero attached hydrogens (tertiary/aromatic N) is 3. The molecule has 0 aliphatic heterocycles. The summed E-state index contributed by atoms with van der Waals surface area (Å²) in [4.78, 5) is 23.2. The summed E-state index contributed by atoms with van der Waals surface area (Å²) in [6, 6.07) is 15.7. The molecule has 0 radical (unpaired) electrons. The molecule has 0 aliphatic carbocycles. The normalized spacial score (nSPS) is 10.9. The number of thiazole rings is 1. The van der Waals surface area contributed by atoms with Crippen LogP contribution in [0.25, 0.3) is 10.2 Å². The molecule has 2 heterocycles. The Morgan fingerprint density at radius 2 is 1.96 bits per heavy atom. The van der Waals surface area contributed by atoms with Gasteiger partial charge >= 0.3 is 0 Å². The number of amides is 1. The first-order chi connectivity index (χ1) is 13.6. The van der Waals surface area contributed by atoms with Crippen LogP contribution in [0, 0.1) is 5.82 Å². The van der Waals surface area contributed by atoms with E-state index in [1.165, 1.54) is 17.4 Å². The molecule has 0 atom stereocenters. The molecule has 28 heavy (non-hydrogen) atoms. The van der Waals surface area contributed by atoms with E-state index in [1.54, 1.807) is 35.5 Å². The number of fused-ring (bicyclic) bond motifs is 1. The van der Waals surface area contributed by atoms with Gasteiger partial charge in [0.25, 0.3) is 0 Å². The minimum atomic E-state index is -0.403. The van der Waals surface area contributed by atoms with Crippen LogP contribution in [0.15, 0.2) is 67.0 Å². The maximum Gasteiger partial charge on any atom is 0.233 e. The maximum absolute atomic E-state index is 14.1. The van der Waals surface area contributed by atoms with Gasteiger partial charge in [0.05, 0.1) is 17.7 Å². The van der Waals surface area contributed by atoms with Crippen molar-refractivity contribution < 1.29 is 9.18 Å². The fourth-order valence-electron chi connectivity index (χ4n) is 2.86. The molecule has 2 aromatic heterocycles. The van der Waals surface area contributed by atoms with Crippen molar-refractivity contribution >= 4 is 44.2 Å². The number of benzene rings is 2. The molecule has 7 heteroatoms. The lowest BCUT2D eigenvalue weighted by Crippen LogP contribution is -2.31. The summed E-state index contributed by atoms with van der Waals surface area (Å²) in [6.45, 7) is 0.290. The number of carbonyl (C=O) groups excluding carboxylic acids is 1. The summed E-state index contributed by atoms with van der Waals surface area (Å²) in [6.07, 6.45) is 3.49. The molecule has 4 rings (SSSR count). The van der Waals surface area contributed by atoms with E-state index in [2.05, 4.69) is 9.97 Å². The number of halogens is 2. The van der Waals surface area contributed by atoms with E-state index in [9.17, 15) is 9.18 Å². The highest BCUT2D eigenvalue weighted by molar-refractivity contribution is 7.22. The fraction of sp³-hybridized carbons (Fsp3) is 0.0952. The van der Waals surface area contributed by atoms with Gasteiger partial charge in [0, 0.05) is 17.4 Å². The lowest BCUT2D eigenvalue weighted by atomic mass is 10.1. The average molecular weight is 412 g/mol. The Kier molecular flexibility index (Phi) is 5.32. The number of hydrogen-bond donors (Lipinski definition) is 0. The largest absolute Gasteiger partial charge is 0.283 e. The smallest absolute Gasteiger partial charge is 0.233 e.